The molecule has 2 heterocycles. The largest absolute Gasteiger partial charge is 0.444 e. The summed E-state index contributed by atoms with van der Waals surface area (Å²) < 4.78 is 5.53. The van der Waals surface area contributed by atoms with Crippen LogP contribution in [0.1, 0.15) is 10.6 Å². The van der Waals surface area contributed by atoms with Gasteiger partial charge in [-0.2, -0.15) is 0 Å². The van der Waals surface area contributed by atoms with Crippen LogP contribution in [-0.4, -0.2) is 15.9 Å². The van der Waals surface area contributed by atoms with E-state index in [9.17, 15) is 4.79 Å². The van der Waals surface area contributed by atoms with E-state index in [4.69, 9.17) is 27.6 Å². The van der Waals surface area contributed by atoms with E-state index < -0.39 is 5.91 Å². The van der Waals surface area contributed by atoms with Gasteiger partial charge in [-0.05, 0) is 28.1 Å². The molecular weight excluding hydrogens is 333 g/mol. The Morgan fingerprint density at radius 2 is 2.12 bits per heavy atom. The van der Waals surface area contributed by atoms with E-state index in [-0.39, 0.29) is 21.8 Å². The van der Waals surface area contributed by atoms with E-state index in [1.807, 2.05) is 0 Å². The molecule has 5 nitrogen and oxygen atoms in total. The van der Waals surface area contributed by atoms with Gasteiger partial charge in [0.2, 0.25) is 0 Å². The Bertz CT molecular complexity index is 573. The number of aromatic nitrogens is 2. The Morgan fingerprint density at radius 1 is 1.35 bits per heavy atom. The third-order valence-electron chi connectivity index (χ3n) is 1.78. The smallest absolute Gasteiger partial charge is 0.292 e. The SMILES string of the molecule is O=C(Nc1ncnc(Cl)c1Cl)c1ccc(Br)o1. The normalized spacial score (nSPS) is 10.3. The van der Waals surface area contributed by atoms with Crippen molar-refractivity contribution in [3.63, 3.8) is 0 Å². The maximum absolute atomic E-state index is 11.7. The summed E-state index contributed by atoms with van der Waals surface area (Å²) >= 11 is 14.6. The predicted octanol–water partition coefficient (Wildman–Crippen LogP) is 3.39. The number of nitrogens with zero attached hydrogens (tertiary/aromatic N) is 2. The first-order valence-corrected chi connectivity index (χ1v) is 5.85. The van der Waals surface area contributed by atoms with Crippen LogP contribution in [0.5, 0.6) is 0 Å². The number of halogens is 3. The van der Waals surface area contributed by atoms with Gasteiger partial charge >= 0.3 is 0 Å². The van der Waals surface area contributed by atoms with Crippen molar-refractivity contribution in [2.24, 2.45) is 0 Å². The second-order valence-electron chi connectivity index (χ2n) is 2.88. The monoisotopic (exact) mass is 335 g/mol. The van der Waals surface area contributed by atoms with Crippen molar-refractivity contribution >= 4 is 50.9 Å². The minimum Gasteiger partial charge on any atom is -0.444 e. The highest BCUT2D eigenvalue weighted by Crippen LogP contribution is 2.26. The van der Waals surface area contributed by atoms with Crippen molar-refractivity contribution in [1.82, 2.24) is 9.97 Å². The number of furan rings is 1. The van der Waals surface area contributed by atoms with Crippen LogP contribution < -0.4 is 5.32 Å². The number of rotatable bonds is 2. The Labute approximate surface area is 114 Å². The molecule has 0 aliphatic heterocycles. The van der Waals surface area contributed by atoms with Gasteiger partial charge in [0, 0.05) is 0 Å². The van der Waals surface area contributed by atoms with Crippen molar-refractivity contribution in [3.8, 4) is 0 Å². The van der Waals surface area contributed by atoms with Gasteiger partial charge in [0.15, 0.2) is 21.4 Å². The third kappa shape index (κ3) is 2.77. The number of nitrogens with one attached hydrogen (secondary N) is 1. The Morgan fingerprint density at radius 3 is 2.76 bits per heavy atom. The first kappa shape index (κ1) is 12.3. The van der Waals surface area contributed by atoms with E-state index in [0.29, 0.717) is 4.67 Å². The third-order valence-corrected chi connectivity index (χ3v) is 2.94. The standard InChI is InChI=1S/C9H4BrCl2N3O2/c10-5-2-1-4(17-5)9(16)15-8-6(11)7(12)13-3-14-8/h1-3H,(H,13,14,15,16). The highest BCUT2D eigenvalue weighted by atomic mass is 79.9. The first-order valence-electron chi connectivity index (χ1n) is 4.30. The van der Waals surface area contributed by atoms with Crippen molar-refractivity contribution < 1.29 is 9.21 Å². The molecule has 0 unspecified atom stereocenters. The number of carbonyl (C=O) groups excluding carboxylic acids is 1. The van der Waals surface area contributed by atoms with Gasteiger partial charge in [-0.3, -0.25) is 4.79 Å². The molecule has 0 aliphatic rings. The topological polar surface area (TPSA) is 68.0 Å². The van der Waals surface area contributed by atoms with Crippen LogP contribution in [0.2, 0.25) is 10.2 Å². The van der Waals surface area contributed by atoms with Gasteiger partial charge in [-0.25, -0.2) is 9.97 Å². The lowest BCUT2D eigenvalue weighted by Crippen LogP contribution is -2.12. The second-order valence-corrected chi connectivity index (χ2v) is 4.40. The molecule has 0 aliphatic carbocycles. The maximum atomic E-state index is 11.7. The fraction of sp³-hybridized carbons (Fsp3) is 0. The van der Waals surface area contributed by atoms with Crippen LogP contribution in [-0.2, 0) is 0 Å². The highest BCUT2D eigenvalue weighted by molar-refractivity contribution is 9.10. The maximum Gasteiger partial charge on any atom is 0.292 e. The van der Waals surface area contributed by atoms with Gasteiger partial charge in [-0.1, -0.05) is 23.2 Å². The summed E-state index contributed by atoms with van der Waals surface area (Å²) in [6, 6.07) is 3.11. The molecule has 88 valence electrons. The summed E-state index contributed by atoms with van der Waals surface area (Å²) in [5.74, 6) is -0.223. The summed E-state index contributed by atoms with van der Waals surface area (Å²) in [5.41, 5.74) is 0. The molecule has 2 rings (SSSR count). The van der Waals surface area contributed by atoms with E-state index >= 15 is 0 Å². The fourth-order valence-corrected chi connectivity index (χ4v) is 1.63. The second kappa shape index (κ2) is 5.03. The lowest BCUT2D eigenvalue weighted by Gasteiger charge is -2.04. The summed E-state index contributed by atoms with van der Waals surface area (Å²) in [6.07, 6.45) is 1.20. The average molecular weight is 337 g/mol. The van der Waals surface area contributed by atoms with Crippen LogP contribution >= 0.6 is 39.1 Å². The predicted molar refractivity (Wildman–Crippen MR) is 66.4 cm³/mol. The van der Waals surface area contributed by atoms with Crippen molar-refractivity contribution in [1.29, 1.82) is 0 Å². The number of amides is 1. The summed E-state index contributed by atoms with van der Waals surface area (Å²) in [6.45, 7) is 0. The quantitative estimate of drug-likeness (QED) is 0.853. The Balaban J connectivity index is 2.21. The molecular formula is C9H4BrCl2N3O2. The molecule has 1 N–H and O–H groups in total. The van der Waals surface area contributed by atoms with E-state index in [1.54, 1.807) is 6.07 Å². The van der Waals surface area contributed by atoms with Gasteiger partial charge in [0.1, 0.15) is 11.3 Å². The Hall–Kier alpha value is -1.11. The summed E-state index contributed by atoms with van der Waals surface area (Å²) in [5, 5.41) is 2.60. The minimum atomic E-state index is -0.479. The molecule has 2 aromatic rings. The van der Waals surface area contributed by atoms with Crippen LogP contribution in [0, 0.1) is 0 Å². The van der Waals surface area contributed by atoms with Crippen molar-refractivity contribution in [2.75, 3.05) is 5.32 Å². The highest BCUT2D eigenvalue weighted by Gasteiger charge is 2.14. The van der Waals surface area contributed by atoms with Crippen LogP contribution in [0.4, 0.5) is 5.82 Å². The molecule has 1 amide bonds. The molecule has 0 fully saturated rings. The molecule has 0 radical (unpaired) electrons. The molecule has 17 heavy (non-hydrogen) atoms. The van der Waals surface area contributed by atoms with Crippen LogP contribution in [0.3, 0.4) is 0 Å². The summed E-state index contributed by atoms with van der Waals surface area (Å²) in [4.78, 5) is 19.2. The fourth-order valence-electron chi connectivity index (χ4n) is 1.04. The molecule has 0 spiro atoms. The number of anilines is 1. The lowest BCUT2D eigenvalue weighted by molar-refractivity contribution is 0.0995. The summed E-state index contributed by atoms with van der Waals surface area (Å²) in [7, 11) is 0. The molecule has 0 atom stereocenters. The van der Waals surface area contributed by atoms with Crippen molar-refractivity contribution in [3.05, 3.63) is 39.1 Å². The van der Waals surface area contributed by atoms with E-state index in [0.717, 1.165) is 0 Å². The molecule has 0 bridgehead atoms. The zero-order valence-electron chi connectivity index (χ0n) is 8.08. The average Bonchev–Trinajstić information content (AvgIpc) is 2.72. The van der Waals surface area contributed by atoms with E-state index in [1.165, 1.54) is 12.4 Å². The van der Waals surface area contributed by atoms with E-state index in [2.05, 4.69) is 31.2 Å². The molecule has 8 heteroatoms. The molecule has 0 aromatic carbocycles. The molecule has 0 saturated heterocycles. The number of carbonyl (C=O) groups is 1. The zero-order valence-corrected chi connectivity index (χ0v) is 11.2. The van der Waals surface area contributed by atoms with Gasteiger partial charge in [0.25, 0.3) is 5.91 Å². The van der Waals surface area contributed by atoms with Gasteiger partial charge in [-0.15, -0.1) is 0 Å². The zero-order chi connectivity index (χ0) is 12.4. The lowest BCUT2D eigenvalue weighted by atomic mass is 10.4. The van der Waals surface area contributed by atoms with Crippen LogP contribution in [0.25, 0.3) is 0 Å². The first-order chi connectivity index (χ1) is 8.08. The molecule has 0 saturated carbocycles. The van der Waals surface area contributed by atoms with Gasteiger partial charge < -0.3 is 9.73 Å². The molecule has 2 aromatic heterocycles. The number of hydrogen-bond donors (Lipinski definition) is 1. The van der Waals surface area contributed by atoms with Crippen LogP contribution in [0.15, 0.2) is 27.5 Å². The minimum absolute atomic E-state index is 0.0672. The number of hydrogen-bond acceptors (Lipinski definition) is 4. The van der Waals surface area contributed by atoms with Gasteiger partial charge in [0.05, 0.1) is 0 Å². The van der Waals surface area contributed by atoms with Crippen molar-refractivity contribution in [2.45, 2.75) is 0 Å². The Kier molecular flexibility index (Phi) is 3.66.